The summed E-state index contributed by atoms with van der Waals surface area (Å²) >= 11 is 0. The Kier molecular flexibility index (Phi) is 5.56. The van der Waals surface area contributed by atoms with E-state index in [1.165, 1.54) is 78.2 Å². The monoisotopic (exact) mass is 442 g/mol. The first-order valence-electron chi connectivity index (χ1n) is 12.8. The van der Waals surface area contributed by atoms with Crippen molar-refractivity contribution in [3.8, 4) is 11.3 Å². The summed E-state index contributed by atoms with van der Waals surface area (Å²) in [4.78, 5) is 0. The summed E-state index contributed by atoms with van der Waals surface area (Å²) in [6, 6.07) is 19.9. The Hall–Kier alpha value is -1.93. The molecule has 0 spiro atoms. The van der Waals surface area contributed by atoms with Crippen LogP contribution in [0.25, 0.3) is 22.0 Å². The van der Waals surface area contributed by atoms with Crippen LogP contribution < -0.4 is 9.75 Å². The lowest BCUT2D eigenvalue weighted by Gasteiger charge is -2.40. The van der Waals surface area contributed by atoms with Crippen LogP contribution in [0.2, 0.25) is 18.6 Å². The van der Waals surface area contributed by atoms with Crippen LogP contribution in [0.1, 0.15) is 69.4 Å². The number of benzene rings is 2. The van der Waals surface area contributed by atoms with E-state index in [0.29, 0.717) is 5.41 Å². The third kappa shape index (κ3) is 3.96. The highest BCUT2D eigenvalue weighted by Crippen LogP contribution is 2.41. The van der Waals surface area contributed by atoms with Gasteiger partial charge in [-0.05, 0) is 59.7 Å². The van der Waals surface area contributed by atoms with Crippen LogP contribution in [-0.2, 0) is 7.05 Å². The van der Waals surface area contributed by atoms with Gasteiger partial charge in [-0.25, -0.2) is 4.57 Å². The van der Waals surface area contributed by atoms with Crippen LogP contribution >= 0.6 is 0 Å². The van der Waals surface area contributed by atoms with Crippen LogP contribution in [0.3, 0.4) is 0 Å². The Labute approximate surface area is 195 Å². The van der Waals surface area contributed by atoms with Gasteiger partial charge < -0.3 is 0 Å². The molecule has 0 amide bonds. The van der Waals surface area contributed by atoms with E-state index < -0.39 is 8.07 Å². The fraction of sp³-hybridized carbons (Fsp3) is 0.500. The van der Waals surface area contributed by atoms with Gasteiger partial charge in [-0.15, -0.1) is 0 Å². The number of hydrogen-bond acceptors (Lipinski definition) is 0. The summed E-state index contributed by atoms with van der Waals surface area (Å²) < 4.78 is 2.34. The third-order valence-corrected chi connectivity index (χ3v) is 13.3. The van der Waals surface area contributed by atoms with Gasteiger partial charge in [-0.3, -0.25) is 0 Å². The first kappa shape index (κ1) is 21.9. The molecule has 32 heavy (non-hydrogen) atoms. The van der Waals surface area contributed by atoms with Gasteiger partial charge in [0.1, 0.15) is 7.05 Å². The molecule has 2 heterocycles. The van der Waals surface area contributed by atoms with Gasteiger partial charge in [0.15, 0.2) is 6.20 Å². The maximum atomic E-state index is 2.63. The Morgan fingerprint density at radius 2 is 1.66 bits per heavy atom. The van der Waals surface area contributed by atoms with Gasteiger partial charge in [-0.1, -0.05) is 87.6 Å². The number of aryl methyl sites for hydroxylation is 2. The molecule has 2 aliphatic rings. The number of hydrogen-bond donors (Lipinski definition) is 0. The molecule has 1 saturated heterocycles. The molecular weight excluding hydrogens is 402 g/mol. The van der Waals surface area contributed by atoms with Gasteiger partial charge in [0, 0.05) is 11.6 Å². The number of rotatable bonds is 3. The lowest BCUT2D eigenvalue weighted by molar-refractivity contribution is -0.659. The van der Waals surface area contributed by atoms with Crippen molar-refractivity contribution >= 4 is 24.0 Å². The molecule has 2 fully saturated rings. The van der Waals surface area contributed by atoms with Crippen molar-refractivity contribution in [1.29, 1.82) is 0 Å². The summed E-state index contributed by atoms with van der Waals surface area (Å²) in [6.07, 6.45) is 10.5. The largest absolute Gasteiger partial charge is 0.220 e. The summed E-state index contributed by atoms with van der Waals surface area (Å²) in [7, 11) is 0.838. The predicted octanol–water partition coefficient (Wildman–Crippen LogP) is 7.40. The molecular formula is C30H40NSi+. The molecule has 0 bridgehead atoms. The third-order valence-electron chi connectivity index (χ3n) is 8.88. The molecule has 0 unspecified atom stereocenters. The Balaban J connectivity index is 1.58. The number of fused-ring (bicyclic) bond motifs is 1. The van der Waals surface area contributed by atoms with Crippen LogP contribution in [0.4, 0.5) is 0 Å². The highest BCUT2D eigenvalue weighted by molar-refractivity contribution is 6.91. The van der Waals surface area contributed by atoms with Gasteiger partial charge in [0.2, 0.25) is 5.69 Å². The Bertz CT molecular complexity index is 1140. The average Bonchev–Trinajstić information content (AvgIpc) is 3.31. The van der Waals surface area contributed by atoms with Gasteiger partial charge >= 0.3 is 0 Å². The molecule has 168 valence electrons. The van der Waals surface area contributed by atoms with Gasteiger partial charge in [-0.2, -0.15) is 0 Å². The van der Waals surface area contributed by atoms with Crippen molar-refractivity contribution in [2.45, 2.75) is 83.8 Å². The standard InChI is InChI=1S/C30H40NSi/c1-22-10-11-24(23-8-6-7-9-23)21-28(22)29-27-13-12-26(20-25(27)14-17-31(29)4)32(5)18-15-30(2,3)16-19-32/h10-14,17,20-21,23H,6-9,15-16,18-19H2,1-5H3/q+1. The number of aromatic nitrogens is 1. The Morgan fingerprint density at radius 3 is 2.38 bits per heavy atom. The first-order valence-corrected chi connectivity index (χ1v) is 15.7. The molecule has 5 rings (SSSR count). The zero-order chi connectivity index (χ0) is 22.5. The SMILES string of the molecule is Cc1ccc(C2CCCC2)cc1-c1c2ccc([Si]3(C)CCC(C)(C)CC3)cc2cc[n+]1C. The minimum absolute atomic E-state index is 0.534. The average molecular weight is 443 g/mol. The predicted molar refractivity (Wildman–Crippen MR) is 140 cm³/mol. The Morgan fingerprint density at radius 1 is 0.938 bits per heavy atom. The zero-order valence-electron chi connectivity index (χ0n) is 20.8. The van der Waals surface area contributed by atoms with Crippen LogP contribution in [0.5, 0.6) is 0 Å². The van der Waals surface area contributed by atoms with Crippen molar-refractivity contribution in [3.05, 3.63) is 59.8 Å². The van der Waals surface area contributed by atoms with E-state index >= 15 is 0 Å². The summed E-state index contributed by atoms with van der Waals surface area (Å²) in [5.41, 5.74) is 6.25. The molecule has 0 N–H and O–H groups in total. The zero-order valence-corrected chi connectivity index (χ0v) is 21.8. The van der Waals surface area contributed by atoms with E-state index in [0.717, 1.165) is 5.92 Å². The van der Waals surface area contributed by atoms with Crippen molar-refractivity contribution < 1.29 is 4.57 Å². The molecule has 2 heteroatoms. The molecule has 1 aliphatic carbocycles. The van der Waals surface area contributed by atoms with Crippen LogP contribution in [0, 0.1) is 12.3 Å². The molecule has 1 nitrogen and oxygen atoms in total. The molecule has 1 saturated carbocycles. The second-order valence-electron chi connectivity index (χ2n) is 11.9. The van der Waals surface area contributed by atoms with Gasteiger partial charge in [0.25, 0.3) is 0 Å². The van der Waals surface area contributed by atoms with Crippen molar-refractivity contribution in [2.75, 3.05) is 0 Å². The van der Waals surface area contributed by atoms with Gasteiger partial charge in [0.05, 0.1) is 13.5 Å². The minimum atomic E-state index is -1.37. The van der Waals surface area contributed by atoms with Crippen molar-refractivity contribution in [3.63, 3.8) is 0 Å². The van der Waals surface area contributed by atoms with E-state index in [2.05, 4.69) is 87.6 Å². The normalized spacial score (nSPS) is 20.7. The molecule has 3 aromatic rings. The summed E-state index contributed by atoms with van der Waals surface area (Å²) in [5, 5.41) is 4.48. The number of pyridine rings is 1. The fourth-order valence-electron chi connectivity index (χ4n) is 6.26. The quantitative estimate of drug-likeness (QED) is 0.294. The van der Waals surface area contributed by atoms with E-state index in [1.54, 1.807) is 10.8 Å². The minimum Gasteiger partial charge on any atom is -0.200 e. The topological polar surface area (TPSA) is 3.88 Å². The van der Waals surface area contributed by atoms with E-state index in [4.69, 9.17) is 0 Å². The molecule has 0 radical (unpaired) electrons. The van der Waals surface area contributed by atoms with Crippen LogP contribution in [0.15, 0.2) is 48.7 Å². The van der Waals surface area contributed by atoms with E-state index in [9.17, 15) is 0 Å². The lowest BCUT2D eigenvalue weighted by atomic mass is 9.87. The van der Waals surface area contributed by atoms with E-state index in [1.807, 2.05) is 0 Å². The second kappa shape index (κ2) is 8.13. The lowest BCUT2D eigenvalue weighted by Crippen LogP contribution is -2.48. The highest BCUT2D eigenvalue weighted by Gasteiger charge is 2.38. The van der Waals surface area contributed by atoms with Crippen molar-refractivity contribution in [2.24, 2.45) is 12.5 Å². The van der Waals surface area contributed by atoms with E-state index in [-0.39, 0.29) is 0 Å². The maximum Gasteiger partial charge on any atom is 0.220 e. The smallest absolute Gasteiger partial charge is 0.200 e. The second-order valence-corrected chi connectivity index (χ2v) is 16.6. The summed E-state index contributed by atoms with van der Waals surface area (Å²) in [5.74, 6) is 0.753. The molecule has 1 aliphatic heterocycles. The summed E-state index contributed by atoms with van der Waals surface area (Å²) in [6.45, 7) is 9.81. The maximum absolute atomic E-state index is 2.63. The first-order chi connectivity index (χ1) is 15.3. The molecule has 0 atom stereocenters. The number of nitrogens with zero attached hydrogens (tertiary/aromatic N) is 1. The molecule has 1 aromatic heterocycles. The highest BCUT2D eigenvalue weighted by atomic mass is 28.3. The fourth-order valence-corrected chi connectivity index (χ4v) is 10.5. The van der Waals surface area contributed by atoms with Crippen molar-refractivity contribution in [1.82, 2.24) is 0 Å². The van der Waals surface area contributed by atoms with Crippen LogP contribution in [-0.4, -0.2) is 8.07 Å². The molecule has 2 aromatic carbocycles.